The zero-order valence-corrected chi connectivity index (χ0v) is 12.3. The summed E-state index contributed by atoms with van der Waals surface area (Å²) in [5.41, 5.74) is 0.485. The fraction of sp³-hybridized carbons (Fsp3) is 0.417. The predicted octanol–water partition coefficient (Wildman–Crippen LogP) is 2.06. The fourth-order valence-corrected chi connectivity index (χ4v) is 1.61. The van der Waals surface area contributed by atoms with E-state index < -0.39 is 0 Å². The van der Waals surface area contributed by atoms with Crippen LogP contribution in [0.1, 0.15) is 10.4 Å². The molecule has 1 aromatic rings. The molecular weight excluding hydrogens is 275 g/mol. The Kier molecular flexibility index (Phi) is 7.75. The predicted molar refractivity (Wildman–Crippen MR) is 76.1 cm³/mol. The van der Waals surface area contributed by atoms with E-state index in [9.17, 15) is 4.79 Å². The van der Waals surface area contributed by atoms with Gasteiger partial charge < -0.3 is 15.0 Å². The van der Waals surface area contributed by atoms with E-state index in [1.165, 1.54) is 7.11 Å². The number of halogens is 2. The lowest BCUT2D eigenvalue weighted by Gasteiger charge is -2.18. The molecule has 1 aromatic carbocycles. The lowest BCUT2D eigenvalue weighted by Crippen LogP contribution is -2.33. The Morgan fingerprint density at radius 3 is 2.72 bits per heavy atom. The van der Waals surface area contributed by atoms with Gasteiger partial charge in [0.15, 0.2) is 0 Å². The quantitative estimate of drug-likeness (QED) is 0.903. The number of hydrogen-bond acceptors (Lipinski definition) is 3. The first-order valence-corrected chi connectivity index (χ1v) is 5.71. The average Bonchev–Trinajstić information content (AvgIpc) is 2.34. The highest BCUT2D eigenvalue weighted by molar-refractivity contribution is 6.31. The van der Waals surface area contributed by atoms with Gasteiger partial charge >= 0.3 is 0 Å². The third kappa shape index (κ3) is 4.37. The first-order chi connectivity index (χ1) is 8.10. The number of nitrogens with zero attached hydrogens (tertiary/aromatic N) is 1. The number of benzene rings is 1. The molecule has 102 valence electrons. The highest BCUT2D eigenvalue weighted by Gasteiger charge is 2.16. The van der Waals surface area contributed by atoms with Crippen molar-refractivity contribution in [3.63, 3.8) is 0 Å². The van der Waals surface area contributed by atoms with Crippen LogP contribution in [0.4, 0.5) is 0 Å². The van der Waals surface area contributed by atoms with Crippen LogP contribution in [-0.4, -0.2) is 45.1 Å². The molecule has 0 aromatic heterocycles. The number of amides is 1. The Morgan fingerprint density at radius 2 is 2.17 bits per heavy atom. The molecule has 0 radical (unpaired) electrons. The van der Waals surface area contributed by atoms with E-state index in [1.54, 1.807) is 30.1 Å². The molecule has 0 atom stereocenters. The monoisotopic (exact) mass is 292 g/mol. The number of carbonyl (C=O) groups is 1. The molecule has 0 aliphatic carbocycles. The standard InChI is InChI=1S/C12H17ClN2O2.ClH/c1-14-6-7-15(2)12(16)10-8-9(13)4-5-11(10)17-3;/h4-5,8,14H,6-7H2,1-3H3;1H. The second kappa shape index (κ2) is 8.19. The third-order valence-electron chi connectivity index (χ3n) is 2.44. The van der Waals surface area contributed by atoms with Crippen LogP contribution >= 0.6 is 24.0 Å². The number of methoxy groups -OCH3 is 1. The van der Waals surface area contributed by atoms with E-state index in [1.807, 2.05) is 7.05 Å². The third-order valence-corrected chi connectivity index (χ3v) is 2.67. The van der Waals surface area contributed by atoms with Gasteiger partial charge in [-0.3, -0.25) is 4.79 Å². The summed E-state index contributed by atoms with van der Waals surface area (Å²) in [5, 5.41) is 3.52. The minimum atomic E-state index is -0.0976. The van der Waals surface area contributed by atoms with E-state index in [4.69, 9.17) is 16.3 Å². The molecule has 0 aliphatic heterocycles. The molecule has 1 amide bonds. The second-order valence-electron chi connectivity index (χ2n) is 3.67. The van der Waals surface area contributed by atoms with Crippen LogP contribution in [-0.2, 0) is 0 Å². The van der Waals surface area contributed by atoms with Crippen LogP contribution in [0.15, 0.2) is 18.2 Å². The summed E-state index contributed by atoms with van der Waals surface area (Å²) in [6.45, 7) is 1.37. The number of rotatable bonds is 5. The van der Waals surface area contributed by atoms with E-state index >= 15 is 0 Å². The smallest absolute Gasteiger partial charge is 0.257 e. The molecule has 0 fully saturated rings. The summed E-state index contributed by atoms with van der Waals surface area (Å²) in [5.74, 6) is 0.440. The first-order valence-electron chi connectivity index (χ1n) is 5.33. The summed E-state index contributed by atoms with van der Waals surface area (Å²) >= 11 is 5.89. The Labute approximate surface area is 119 Å². The normalized spacial score (nSPS) is 9.56. The number of hydrogen-bond donors (Lipinski definition) is 1. The van der Waals surface area contributed by atoms with E-state index in [2.05, 4.69) is 5.32 Å². The highest BCUT2D eigenvalue weighted by Crippen LogP contribution is 2.23. The Hall–Kier alpha value is -0.970. The molecule has 1 rings (SSSR count). The van der Waals surface area contributed by atoms with E-state index in [0.29, 0.717) is 22.9 Å². The molecule has 0 heterocycles. The van der Waals surface area contributed by atoms with Gasteiger partial charge in [-0.25, -0.2) is 0 Å². The molecule has 0 bridgehead atoms. The minimum absolute atomic E-state index is 0. The minimum Gasteiger partial charge on any atom is -0.496 e. The maximum absolute atomic E-state index is 12.1. The second-order valence-corrected chi connectivity index (χ2v) is 4.11. The van der Waals surface area contributed by atoms with E-state index in [0.717, 1.165) is 6.54 Å². The average molecular weight is 293 g/mol. The van der Waals surface area contributed by atoms with Gasteiger partial charge in [0, 0.05) is 25.2 Å². The van der Waals surface area contributed by atoms with Gasteiger partial charge in [0.05, 0.1) is 12.7 Å². The summed E-state index contributed by atoms with van der Waals surface area (Å²) in [7, 11) is 5.13. The van der Waals surface area contributed by atoms with Crippen LogP contribution in [0.25, 0.3) is 0 Å². The summed E-state index contributed by atoms with van der Waals surface area (Å²) in [6.07, 6.45) is 0. The molecule has 4 nitrogen and oxygen atoms in total. The van der Waals surface area contributed by atoms with Crippen LogP contribution in [0, 0.1) is 0 Å². The summed E-state index contributed by atoms with van der Waals surface area (Å²) < 4.78 is 5.15. The highest BCUT2D eigenvalue weighted by atomic mass is 35.5. The lowest BCUT2D eigenvalue weighted by molar-refractivity contribution is 0.0793. The maximum Gasteiger partial charge on any atom is 0.257 e. The van der Waals surface area contributed by atoms with Gasteiger partial charge in [0.25, 0.3) is 5.91 Å². The van der Waals surface area contributed by atoms with Gasteiger partial charge in [0.1, 0.15) is 5.75 Å². The van der Waals surface area contributed by atoms with E-state index in [-0.39, 0.29) is 18.3 Å². The van der Waals surface area contributed by atoms with Crippen LogP contribution in [0.5, 0.6) is 5.75 Å². The zero-order valence-electron chi connectivity index (χ0n) is 10.7. The Bertz CT molecular complexity index is 400. The van der Waals surface area contributed by atoms with Gasteiger partial charge in [-0.05, 0) is 25.2 Å². The first kappa shape index (κ1) is 17.0. The molecule has 0 saturated heterocycles. The van der Waals surface area contributed by atoms with Crippen molar-refractivity contribution >= 4 is 29.9 Å². The molecule has 6 heteroatoms. The van der Waals surface area contributed by atoms with Crippen molar-refractivity contribution in [3.8, 4) is 5.75 Å². The van der Waals surface area contributed by atoms with Crippen molar-refractivity contribution in [3.05, 3.63) is 28.8 Å². The van der Waals surface area contributed by atoms with Crippen molar-refractivity contribution < 1.29 is 9.53 Å². The van der Waals surface area contributed by atoms with Crippen molar-refractivity contribution in [1.29, 1.82) is 0 Å². The van der Waals surface area contributed by atoms with Crippen molar-refractivity contribution in [2.75, 3.05) is 34.3 Å². The molecule has 0 aliphatic rings. The van der Waals surface area contributed by atoms with Crippen molar-refractivity contribution in [2.24, 2.45) is 0 Å². The topological polar surface area (TPSA) is 41.6 Å². The number of nitrogens with one attached hydrogen (secondary N) is 1. The summed E-state index contributed by atoms with van der Waals surface area (Å²) in [4.78, 5) is 13.8. The lowest BCUT2D eigenvalue weighted by atomic mass is 10.1. The van der Waals surface area contributed by atoms with Crippen molar-refractivity contribution in [1.82, 2.24) is 10.2 Å². The van der Waals surface area contributed by atoms with Crippen LogP contribution in [0.3, 0.4) is 0 Å². The number of ether oxygens (including phenoxy) is 1. The van der Waals surface area contributed by atoms with Gasteiger partial charge in [-0.15, -0.1) is 12.4 Å². The van der Waals surface area contributed by atoms with Crippen LogP contribution < -0.4 is 10.1 Å². The summed E-state index contributed by atoms with van der Waals surface area (Å²) in [6, 6.07) is 5.02. The maximum atomic E-state index is 12.1. The SMILES string of the molecule is CNCCN(C)C(=O)c1cc(Cl)ccc1OC.Cl. The zero-order chi connectivity index (χ0) is 12.8. The molecule has 1 N–H and O–H groups in total. The molecule has 0 spiro atoms. The van der Waals surface area contributed by atoms with Gasteiger partial charge in [0.2, 0.25) is 0 Å². The fourth-order valence-electron chi connectivity index (χ4n) is 1.43. The van der Waals surface area contributed by atoms with Crippen LogP contribution in [0.2, 0.25) is 5.02 Å². The van der Waals surface area contributed by atoms with Gasteiger partial charge in [-0.2, -0.15) is 0 Å². The molecule has 0 unspecified atom stereocenters. The van der Waals surface area contributed by atoms with Gasteiger partial charge in [-0.1, -0.05) is 11.6 Å². The number of carbonyl (C=O) groups excluding carboxylic acids is 1. The molecule has 0 saturated carbocycles. The van der Waals surface area contributed by atoms with Crippen molar-refractivity contribution in [2.45, 2.75) is 0 Å². The Balaban J connectivity index is 0.00000289. The Morgan fingerprint density at radius 1 is 1.50 bits per heavy atom. The largest absolute Gasteiger partial charge is 0.496 e. The number of likely N-dealkylation sites (N-methyl/N-ethyl adjacent to an activating group) is 2. The molecular formula is C12H18Cl2N2O2. The molecule has 18 heavy (non-hydrogen) atoms.